The lowest BCUT2D eigenvalue weighted by Gasteiger charge is -2.30. The molecule has 104 valence electrons. The van der Waals surface area contributed by atoms with E-state index in [0.29, 0.717) is 18.3 Å². The van der Waals surface area contributed by atoms with E-state index in [1.165, 1.54) is 25.7 Å². The first-order chi connectivity index (χ1) is 8.79. The maximum Gasteiger partial charge on any atom is 0.222 e. The molecule has 0 aromatic carbocycles. The lowest BCUT2D eigenvalue weighted by atomic mass is 9.80. The first-order valence-corrected chi connectivity index (χ1v) is 7.77. The molecule has 18 heavy (non-hydrogen) atoms. The molecule has 0 aromatic heterocycles. The average molecular weight is 274 g/mol. The van der Waals surface area contributed by atoms with Gasteiger partial charge in [0.15, 0.2) is 0 Å². The molecule has 1 saturated heterocycles. The molecule has 1 N–H and O–H groups in total. The summed E-state index contributed by atoms with van der Waals surface area (Å²) < 4.78 is 5.48. The Morgan fingerprint density at radius 3 is 2.61 bits per heavy atom. The Morgan fingerprint density at radius 1 is 1.17 bits per heavy atom. The van der Waals surface area contributed by atoms with E-state index in [1.807, 2.05) is 0 Å². The summed E-state index contributed by atoms with van der Waals surface area (Å²) in [4.78, 5) is 11.8. The van der Waals surface area contributed by atoms with Crippen molar-refractivity contribution in [2.75, 3.05) is 19.0 Å². The normalized spacial score (nSPS) is 32.4. The van der Waals surface area contributed by atoms with Crippen LogP contribution in [-0.4, -0.2) is 31.0 Å². The highest BCUT2D eigenvalue weighted by molar-refractivity contribution is 6.18. The minimum Gasteiger partial charge on any atom is -0.378 e. The fraction of sp³-hybridized carbons (Fsp3) is 0.929. The first-order valence-electron chi connectivity index (χ1n) is 7.24. The van der Waals surface area contributed by atoms with Crippen LogP contribution in [0.4, 0.5) is 0 Å². The highest BCUT2D eigenvalue weighted by atomic mass is 35.5. The van der Waals surface area contributed by atoms with Crippen LogP contribution in [0.25, 0.3) is 0 Å². The first kappa shape index (κ1) is 14.1. The van der Waals surface area contributed by atoms with Crippen LogP contribution < -0.4 is 5.32 Å². The Labute approximate surface area is 115 Å². The van der Waals surface area contributed by atoms with E-state index in [2.05, 4.69) is 5.32 Å². The predicted molar refractivity (Wildman–Crippen MR) is 72.8 cm³/mol. The third-order valence-corrected chi connectivity index (χ3v) is 4.66. The quantitative estimate of drug-likeness (QED) is 0.782. The molecule has 3 unspecified atom stereocenters. The third kappa shape index (κ3) is 4.13. The van der Waals surface area contributed by atoms with E-state index in [9.17, 15) is 4.79 Å². The van der Waals surface area contributed by atoms with Gasteiger partial charge >= 0.3 is 0 Å². The second-order valence-corrected chi connectivity index (χ2v) is 5.91. The summed E-state index contributed by atoms with van der Waals surface area (Å²) in [5.74, 6) is 2.03. The molecule has 2 fully saturated rings. The molecule has 2 aliphatic rings. The van der Waals surface area contributed by atoms with E-state index in [4.69, 9.17) is 16.3 Å². The fourth-order valence-corrected chi connectivity index (χ4v) is 3.49. The van der Waals surface area contributed by atoms with E-state index in [-0.39, 0.29) is 12.0 Å². The average Bonchev–Trinajstić information content (AvgIpc) is 2.89. The zero-order valence-electron chi connectivity index (χ0n) is 11.0. The van der Waals surface area contributed by atoms with Crippen molar-refractivity contribution in [3.8, 4) is 0 Å². The smallest absolute Gasteiger partial charge is 0.222 e. The van der Waals surface area contributed by atoms with Crippen LogP contribution in [0, 0.1) is 11.8 Å². The summed E-state index contributed by atoms with van der Waals surface area (Å²) >= 11 is 6.00. The Morgan fingerprint density at radius 2 is 1.94 bits per heavy atom. The van der Waals surface area contributed by atoms with Gasteiger partial charge < -0.3 is 10.1 Å². The van der Waals surface area contributed by atoms with Gasteiger partial charge in [0.25, 0.3) is 0 Å². The molecule has 3 atom stereocenters. The number of nitrogens with one attached hydrogen (secondary N) is 1. The van der Waals surface area contributed by atoms with Gasteiger partial charge in [-0.05, 0) is 37.5 Å². The van der Waals surface area contributed by atoms with E-state index in [0.717, 1.165) is 31.9 Å². The van der Waals surface area contributed by atoms with Crippen molar-refractivity contribution in [3.63, 3.8) is 0 Å². The van der Waals surface area contributed by atoms with Crippen LogP contribution in [0.2, 0.25) is 0 Å². The largest absolute Gasteiger partial charge is 0.378 e. The number of halogens is 1. The zero-order chi connectivity index (χ0) is 12.8. The second kappa shape index (κ2) is 7.34. The van der Waals surface area contributed by atoms with Gasteiger partial charge in [-0.25, -0.2) is 0 Å². The van der Waals surface area contributed by atoms with Crippen LogP contribution in [-0.2, 0) is 9.53 Å². The number of hydrogen-bond acceptors (Lipinski definition) is 2. The van der Waals surface area contributed by atoms with Gasteiger partial charge in [-0.2, -0.15) is 0 Å². The number of rotatable bonds is 5. The van der Waals surface area contributed by atoms with Crippen molar-refractivity contribution in [1.82, 2.24) is 5.32 Å². The third-order valence-electron chi connectivity index (χ3n) is 4.26. The molecule has 1 amide bonds. The van der Waals surface area contributed by atoms with Crippen molar-refractivity contribution in [2.45, 2.75) is 51.0 Å². The summed E-state index contributed by atoms with van der Waals surface area (Å²) in [6.07, 6.45) is 7.79. The molecule has 1 heterocycles. The zero-order valence-corrected chi connectivity index (χ0v) is 11.8. The minimum absolute atomic E-state index is 0.140. The molecule has 0 bridgehead atoms. The Bertz CT molecular complexity index is 267. The van der Waals surface area contributed by atoms with Crippen molar-refractivity contribution in [3.05, 3.63) is 0 Å². The van der Waals surface area contributed by atoms with Crippen molar-refractivity contribution < 1.29 is 9.53 Å². The van der Waals surface area contributed by atoms with E-state index >= 15 is 0 Å². The van der Waals surface area contributed by atoms with Crippen molar-refractivity contribution in [1.29, 1.82) is 0 Å². The molecule has 0 aromatic rings. The number of ether oxygens (including phenoxy) is 1. The second-order valence-electron chi connectivity index (χ2n) is 5.60. The highest BCUT2D eigenvalue weighted by Crippen LogP contribution is 2.30. The Kier molecular flexibility index (Phi) is 5.77. The van der Waals surface area contributed by atoms with Crippen molar-refractivity contribution >= 4 is 17.5 Å². The minimum atomic E-state index is 0.140. The SMILES string of the molecule is O=C(CC1CCCO1)NCC1CCCCC1CCl. The molecule has 1 aliphatic heterocycles. The molecular weight excluding hydrogens is 250 g/mol. The molecule has 4 heteroatoms. The Balaban J connectivity index is 1.67. The number of alkyl halides is 1. The highest BCUT2D eigenvalue weighted by Gasteiger charge is 2.25. The number of carbonyl (C=O) groups excluding carboxylic acids is 1. The molecule has 2 rings (SSSR count). The Hall–Kier alpha value is -0.280. The van der Waals surface area contributed by atoms with Gasteiger partial charge in [0.2, 0.25) is 5.91 Å². The number of carbonyl (C=O) groups is 1. The fourth-order valence-electron chi connectivity index (χ4n) is 3.09. The molecule has 0 spiro atoms. The molecule has 3 nitrogen and oxygen atoms in total. The van der Waals surface area contributed by atoms with Gasteiger partial charge in [0, 0.05) is 19.0 Å². The summed E-state index contributed by atoms with van der Waals surface area (Å²) in [6.45, 7) is 1.61. The maximum atomic E-state index is 11.8. The van der Waals surface area contributed by atoms with Crippen LogP contribution in [0.3, 0.4) is 0 Å². The van der Waals surface area contributed by atoms with Crippen LogP contribution in [0.1, 0.15) is 44.9 Å². The summed E-state index contributed by atoms with van der Waals surface area (Å²) in [6, 6.07) is 0. The molecular formula is C14H24ClNO2. The van der Waals surface area contributed by atoms with Gasteiger partial charge in [0.05, 0.1) is 12.5 Å². The van der Waals surface area contributed by atoms with Gasteiger partial charge in [-0.15, -0.1) is 11.6 Å². The monoisotopic (exact) mass is 273 g/mol. The van der Waals surface area contributed by atoms with Crippen LogP contribution in [0.15, 0.2) is 0 Å². The molecule has 0 radical (unpaired) electrons. The predicted octanol–water partition coefficient (Wildman–Crippen LogP) is 2.72. The standard InChI is InChI=1S/C14H24ClNO2/c15-9-11-4-1-2-5-12(11)10-16-14(17)8-13-6-3-7-18-13/h11-13H,1-10H2,(H,16,17). The summed E-state index contributed by atoms with van der Waals surface area (Å²) in [5, 5.41) is 3.07. The summed E-state index contributed by atoms with van der Waals surface area (Å²) in [5.41, 5.74) is 0. The number of amides is 1. The van der Waals surface area contributed by atoms with Gasteiger partial charge in [0.1, 0.15) is 0 Å². The lowest BCUT2D eigenvalue weighted by Crippen LogP contribution is -2.36. The van der Waals surface area contributed by atoms with Crippen LogP contribution >= 0.6 is 11.6 Å². The number of hydrogen-bond donors (Lipinski definition) is 1. The molecule has 1 aliphatic carbocycles. The van der Waals surface area contributed by atoms with Crippen LogP contribution in [0.5, 0.6) is 0 Å². The molecule has 1 saturated carbocycles. The lowest BCUT2D eigenvalue weighted by molar-refractivity contribution is -0.123. The van der Waals surface area contributed by atoms with E-state index < -0.39 is 0 Å². The topological polar surface area (TPSA) is 38.3 Å². The maximum absolute atomic E-state index is 11.8. The van der Waals surface area contributed by atoms with Gasteiger partial charge in [-0.1, -0.05) is 12.8 Å². The van der Waals surface area contributed by atoms with Crippen molar-refractivity contribution in [2.24, 2.45) is 11.8 Å². The summed E-state index contributed by atoms with van der Waals surface area (Å²) in [7, 11) is 0. The van der Waals surface area contributed by atoms with Gasteiger partial charge in [-0.3, -0.25) is 4.79 Å². The van der Waals surface area contributed by atoms with E-state index in [1.54, 1.807) is 0 Å².